The standard InChI is InChI=1S/C15H24N2O4S2/c1-3-11-5-4-6-12(9-11)17-14-8-7-13(23(16,20)21)10-15(14)22(2,18)19/h7-8,10-12,17H,3-6,9H2,1-2H3,(H2,16,20,21). The van der Waals surface area contributed by atoms with Gasteiger partial charge >= 0.3 is 0 Å². The third-order valence-electron chi connectivity index (χ3n) is 4.40. The Hall–Kier alpha value is -1.12. The van der Waals surface area contributed by atoms with E-state index in [-0.39, 0.29) is 15.8 Å². The van der Waals surface area contributed by atoms with E-state index in [1.165, 1.54) is 18.6 Å². The van der Waals surface area contributed by atoms with Crippen LogP contribution in [-0.2, 0) is 19.9 Å². The van der Waals surface area contributed by atoms with Gasteiger partial charge in [-0.05, 0) is 37.0 Å². The quantitative estimate of drug-likeness (QED) is 0.836. The van der Waals surface area contributed by atoms with E-state index in [0.29, 0.717) is 11.6 Å². The van der Waals surface area contributed by atoms with Gasteiger partial charge in [-0.3, -0.25) is 0 Å². The number of hydrogen-bond acceptors (Lipinski definition) is 5. The third-order valence-corrected chi connectivity index (χ3v) is 6.45. The summed E-state index contributed by atoms with van der Waals surface area (Å²) in [4.78, 5) is -0.221. The molecule has 0 saturated heterocycles. The lowest BCUT2D eigenvalue weighted by Crippen LogP contribution is -2.28. The Balaban J connectivity index is 2.35. The summed E-state index contributed by atoms with van der Waals surface area (Å²) in [5, 5.41) is 8.38. The van der Waals surface area contributed by atoms with Gasteiger partial charge < -0.3 is 5.32 Å². The monoisotopic (exact) mass is 360 g/mol. The molecule has 0 spiro atoms. The van der Waals surface area contributed by atoms with Gasteiger partial charge in [0, 0.05) is 12.3 Å². The van der Waals surface area contributed by atoms with Crippen LogP contribution >= 0.6 is 0 Å². The average molecular weight is 361 g/mol. The molecule has 0 heterocycles. The fourth-order valence-corrected chi connectivity index (χ4v) is 4.60. The van der Waals surface area contributed by atoms with Crippen molar-refractivity contribution in [3.05, 3.63) is 18.2 Å². The van der Waals surface area contributed by atoms with E-state index in [1.807, 2.05) is 0 Å². The van der Waals surface area contributed by atoms with Crippen LogP contribution in [0.2, 0.25) is 0 Å². The lowest BCUT2D eigenvalue weighted by Gasteiger charge is -2.30. The normalized spacial score (nSPS) is 22.7. The number of primary sulfonamides is 1. The van der Waals surface area contributed by atoms with Gasteiger partial charge in [0.25, 0.3) is 0 Å². The molecule has 6 nitrogen and oxygen atoms in total. The number of nitrogens with one attached hydrogen (secondary N) is 1. The summed E-state index contributed by atoms with van der Waals surface area (Å²) >= 11 is 0. The van der Waals surface area contributed by atoms with Crippen molar-refractivity contribution in [1.29, 1.82) is 0 Å². The second-order valence-electron chi connectivity index (χ2n) is 6.26. The number of hydrogen-bond donors (Lipinski definition) is 2. The number of anilines is 1. The molecular weight excluding hydrogens is 336 g/mol. The first kappa shape index (κ1) is 18.2. The number of sulfonamides is 1. The lowest BCUT2D eigenvalue weighted by molar-refractivity contribution is 0.327. The minimum absolute atomic E-state index is 0.0253. The first-order chi connectivity index (χ1) is 10.6. The van der Waals surface area contributed by atoms with Gasteiger partial charge in [0.05, 0.1) is 15.5 Å². The predicted octanol–water partition coefficient (Wildman–Crippen LogP) is 2.12. The number of nitrogens with two attached hydrogens (primary N) is 1. The smallest absolute Gasteiger partial charge is 0.238 e. The van der Waals surface area contributed by atoms with E-state index in [2.05, 4.69) is 12.2 Å². The average Bonchev–Trinajstić information content (AvgIpc) is 2.45. The molecule has 1 fully saturated rings. The van der Waals surface area contributed by atoms with Crippen LogP contribution < -0.4 is 10.5 Å². The molecule has 2 rings (SSSR count). The lowest BCUT2D eigenvalue weighted by atomic mass is 9.84. The van der Waals surface area contributed by atoms with E-state index in [1.54, 1.807) is 0 Å². The Morgan fingerprint density at radius 3 is 2.48 bits per heavy atom. The number of benzene rings is 1. The molecular formula is C15H24N2O4S2. The Labute approximate surface area is 138 Å². The minimum Gasteiger partial charge on any atom is -0.381 e. The molecule has 8 heteroatoms. The molecule has 130 valence electrons. The molecule has 3 N–H and O–H groups in total. The van der Waals surface area contributed by atoms with Crippen molar-refractivity contribution in [1.82, 2.24) is 0 Å². The van der Waals surface area contributed by atoms with Crippen LogP contribution in [0.5, 0.6) is 0 Å². The van der Waals surface area contributed by atoms with Crippen LogP contribution in [-0.4, -0.2) is 29.1 Å². The largest absolute Gasteiger partial charge is 0.381 e. The third kappa shape index (κ3) is 4.68. The van der Waals surface area contributed by atoms with Crippen molar-refractivity contribution in [2.24, 2.45) is 11.1 Å². The number of rotatable bonds is 5. The van der Waals surface area contributed by atoms with Gasteiger partial charge in [-0.1, -0.05) is 26.2 Å². The zero-order valence-corrected chi connectivity index (χ0v) is 15.1. The summed E-state index contributed by atoms with van der Waals surface area (Å²) in [5.41, 5.74) is 0.446. The maximum atomic E-state index is 12.0. The van der Waals surface area contributed by atoms with Gasteiger partial charge in [-0.25, -0.2) is 22.0 Å². The van der Waals surface area contributed by atoms with Crippen LogP contribution in [0.3, 0.4) is 0 Å². The molecule has 0 aromatic heterocycles. The zero-order chi connectivity index (χ0) is 17.3. The summed E-state index contributed by atoms with van der Waals surface area (Å²) in [7, 11) is -7.51. The molecule has 1 aliphatic carbocycles. The molecule has 0 aliphatic heterocycles. The molecule has 1 aliphatic rings. The van der Waals surface area contributed by atoms with Crippen LogP contribution in [0.25, 0.3) is 0 Å². The van der Waals surface area contributed by atoms with Crippen molar-refractivity contribution in [3.8, 4) is 0 Å². The van der Waals surface area contributed by atoms with Gasteiger partial charge in [-0.2, -0.15) is 0 Å². The Morgan fingerprint density at radius 2 is 1.91 bits per heavy atom. The van der Waals surface area contributed by atoms with E-state index in [0.717, 1.165) is 38.0 Å². The summed E-state index contributed by atoms with van der Waals surface area (Å²) in [6.07, 6.45) is 6.47. The molecule has 0 bridgehead atoms. The molecule has 1 aromatic carbocycles. The first-order valence-electron chi connectivity index (χ1n) is 7.74. The topological polar surface area (TPSA) is 106 Å². The zero-order valence-electron chi connectivity index (χ0n) is 13.4. The van der Waals surface area contributed by atoms with Crippen molar-refractivity contribution >= 4 is 25.5 Å². The maximum absolute atomic E-state index is 12.0. The Kier molecular flexibility index (Phi) is 5.37. The molecule has 23 heavy (non-hydrogen) atoms. The molecule has 1 aromatic rings. The summed E-state index contributed by atoms with van der Waals surface area (Å²) in [6.45, 7) is 2.16. The van der Waals surface area contributed by atoms with E-state index in [4.69, 9.17) is 5.14 Å². The van der Waals surface area contributed by atoms with Crippen molar-refractivity contribution < 1.29 is 16.8 Å². The van der Waals surface area contributed by atoms with Gasteiger partial charge in [-0.15, -0.1) is 0 Å². The van der Waals surface area contributed by atoms with Crippen LogP contribution in [0.15, 0.2) is 28.0 Å². The SMILES string of the molecule is CCC1CCCC(Nc2ccc(S(N)(=O)=O)cc2S(C)(=O)=O)C1. The minimum atomic E-state index is -3.94. The molecule has 0 amide bonds. The molecule has 0 radical (unpaired) electrons. The first-order valence-corrected chi connectivity index (χ1v) is 11.2. The highest BCUT2D eigenvalue weighted by Crippen LogP contribution is 2.31. The second kappa shape index (κ2) is 6.78. The van der Waals surface area contributed by atoms with E-state index < -0.39 is 19.9 Å². The van der Waals surface area contributed by atoms with Gasteiger partial charge in [0.2, 0.25) is 10.0 Å². The molecule has 1 saturated carbocycles. The maximum Gasteiger partial charge on any atom is 0.238 e. The van der Waals surface area contributed by atoms with Crippen molar-refractivity contribution in [3.63, 3.8) is 0 Å². The molecule has 2 unspecified atom stereocenters. The highest BCUT2D eigenvalue weighted by molar-refractivity contribution is 7.91. The number of sulfone groups is 1. The predicted molar refractivity (Wildman–Crippen MR) is 90.6 cm³/mol. The van der Waals surface area contributed by atoms with Crippen LogP contribution in [0.1, 0.15) is 39.0 Å². The summed E-state index contributed by atoms with van der Waals surface area (Å²) in [6, 6.07) is 4.17. The Morgan fingerprint density at radius 1 is 1.22 bits per heavy atom. The fraction of sp³-hybridized carbons (Fsp3) is 0.600. The van der Waals surface area contributed by atoms with Gasteiger partial charge in [0.1, 0.15) is 0 Å². The van der Waals surface area contributed by atoms with E-state index in [9.17, 15) is 16.8 Å². The highest BCUT2D eigenvalue weighted by Gasteiger charge is 2.24. The van der Waals surface area contributed by atoms with Gasteiger partial charge in [0.15, 0.2) is 9.84 Å². The second-order valence-corrected chi connectivity index (χ2v) is 9.80. The van der Waals surface area contributed by atoms with Crippen molar-refractivity contribution in [2.45, 2.75) is 54.9 Å². The van der Waals surface area contributed by atoms with Crippen LogP contribution in [0, 0.1) is 5.92 Å². The Bertz CT molecular complexity index is 773. The van der Waals surface area contributed by atoms with Crippen LogP contribution in [0.4, 0.5) is 5.69 Å². The summed E-state index contributed by atoms with van der Waals surface area (Å²) < 4.78 is 47.0. The fourth-order valence-electron chi connectivity index (χ4n) is 3.12. The molecule has 2 atom stereocenters. The van der Waals surface area contributed by atoms with E-state index >= 15 is 0 Å². The van der Waals surface area contributed by atoms with Crippen molar-refractivity contribution in [2.75, 3.05) is 11.6 Å². The highest BCUT2D eigenvalue weighted by atomic mass is 32.2. The summed E-state index contributed by atoms with van der Waals surface area (Å²) in [5.74, 6) is 0.645.